The maximum Gasteiger partial charge on any atom is 0.420 e. The number of aromatic nitrogens is 6. The molecule has 0 unspecified atom stereocenters. The molecule has 0 spiro atoms. The van der Waals surface area contributed by atoms with E-state index in [0.717, 1.165) is 17.0 Å². The van der Waals surface area contributed by atoms with Gasteiger partial charge in [0.2, 0.25) is 5.91 Å². The van der Waals surface area contributed by atoms with Gasteiger partial charge in [0.05, 0.1) is 5.52 Å². The zero-order chi connectivity index (χ0) is 20.1. The van der Waals surface area contributed by atoms with Gasteiger partial charge < -0.3 is 13.9 Å². The van der Waals surface area contributed by atoms with Crippen molar-refractivity contribution < 1.29 is 9.21 Å². The molecule has 0 bridgehead atoms. The third-order valence-electron chi connectivity index (χ3n) is 5.39. The summed E-state index contributed by atoms with van der Waals surface area (Å²) in [4.78, 5) is 27.0. The molecule has 0 atom stereocenters. The highest BCUT2D eigenvalue weighted by Gasteiger charge is 2.29. The number of hydrogen-bond donors (Lipinski definition) is 0. The molecule has 10 heteroatoms. The lowest BCUT2D eigenvalue weighted by molar-refractivity contribution is -0.132. The molecule has 4 heterocycles. The number of aryl methyl sites for hydroxylation is 2. The Morgan fingerprint density at radius 2 is 2.07 bits per heavy atom. The molecule has 1 aromatic carbocycles. The number of benzene rings is 1. The van der Waals surface area contributed by atoms with E-state index >= 15 is 0 Å². The van der Waals surface area contributed by atoms with Gasteiger partial charge in [0.1, 0.15) is 18.6 Å². The van der Waals surface area contributed by atoms with Crippen LogP contribution in [0, 0.1) is 0 Å². The van der Waals surface area contributed by atoms with Gasteiger partial charge in [-0.2, -0.15) is 5.10 Å². The number of fused-ring (bicyclic) bond motifs is 2. The van der Waals surface area contributed by atoms with Gasteiger partial charge in [0, 0.05) is 44.9 Å². The molecule has 3 aromatic heterocycles. The Balaban J connectivity index is 1.45. The second kappa shape index (κ2) is 6.43. The first-order valence-corrected chi connectivity index (χ1v) is 9.28. The van der Waals surface area contributed by atoms with Gasteiger partial charge >= 0.3 is 5.76 Å². The predicted molar refractivity (Wildman–Crippen MR) is 103 cm³/mol. The minimum absolute atomic E-state index is 0.0647. The normalized spacial score (nSPS) is 13.8. The Bertz CT molecular complexity index is 1290. The van der Waals surface area contributed by atoms with Crippen LogP contribution >= 0.6 is 0 Å². The maximum absolute atomic E-state index is 13.0. The molecule has 1 amide bonds. The van der Waals surface area contributed by atoms with Crippen molar-refractivity contribution in [3.05, 3.63) is 52.4 Å². The Morgan fingerprint density at radius 1 is 1.24 bits per heavy atom. The molecule has 0 radical (unpaired) electrons. The Morgan fingerprint density at radius 3 is 2.86 bits per heavy atom. The van der Waals surface area contributed by atoms with Crippen LogP contribution in [0.25, 0.3) is 22.6 Å². The highest BCUT2D eigenvalue weighted by atomic mass is 16.4. The van der Waals surface area contributed by atoms with Crippen LogP contribution in [0.1, 0.15) is 11.3 Å². The fourth-order valence-corrected chi connectivity index (χ4v) is 3.88. The third-order valence-corrected chi connectivity index (χ3v) is 5.39. The fraction of sp³-hybridized carbons (Fsp3) is 0.316. The first-order chi connectivity index (χ1) is 14.0. The van der Waals surface area contributed by atoms with Crippen LogP contribution < -0.4 is 5.76 Å². The number of para-hydroxylation sites is 2. The van der Waals surface area contributed by atoms with Gasteiger partial charge in [-0.3, -0.25) is 14.0 Å². The summed E-state index contributed by atoms with van der Waals surface area (Å²) in [6.07, 6.45) is 2.31. The van der Waals surface area contributed by atoms with Crippen LogP contribution in [0.3, 0.4) is 0 Å². The van der Waals surface area contributed by atoms with Crippen molar-refractivity contribution in [3.63, 3.8) is 0 Å². The third kappa shape index (κ3) is 2.75. The Labute approximate surface area is 165 Å². The van der Waals surface area contributed by atoms with E-state index < -0.39 is 5.76 Å². The quantitative estimate of drug-likeness (QED) is 0.508. The lowest BCUT2D eigenvalue weighted by Crippen LogP contribution is -2.39. The van der Waals surface area contributed by atoms with Crippen LogP contribution in [0.5, 0.6) is 0 Å². The molecule has 4 aromatic rings. The summed E-state index contributed by atoms with van der Waals surface area (Å²) >= 11 is 0. The molecular weight excluding hydrogens is 374 g/mol. The number of rotatable bonds is 3. The largest absolute Gasteiger partial charge is 0.420 e. The zero-order valence-electron chi connectivity index (χ0n) is 16.1. The minimum Gasteiger partial charge on any atom is -0.408 e. The minimum atomic E-state index is -0.529. The molecule has 0 fully saturated rings. The summed E-state index contributed by atoms with van der Waals surface area (Å²) in [6, 6.07) is 7.09. The molecule has 0 aliphatic carbocycles. The van der Waals surface area contributed by atoms with E-state index in [0.29, 0.717) is 36.4 Å². The Kier molecular flexibility index (Phi) is 3.86. The average Bonchev–Trinajstić information content (AvgIpc) is 3.37. The first kappa shape index (κ1) is 17.4. The highest BCUT2D eigenvalue weighted by molar-refractivity contribution is 5.80. The van der Waals surface area contributed by atoms with E-state index in [1.54, 1.807) is 34.0 Å². The summed E-state index contributed by atoms with van der Waals surface area (Å²) in [7, 11) is 3.76. The lowest BCUT2D eigenvalue weighted by atomic mass is 10.0. The van der Waals surface area contributed by atoms with E-state index in [1.807, 2.05) is 24.8 Å². The number of oxazole rings is 1. The van der Waals surface area contributed by atoms with Gasteiger partial charge in [-0.1, -0.05) is 12.1 Å². The van der Waals surface area contributed by atoms with E-state index in [4.69, 9.17) is 4.42 Å². The van der Waals surface area contributed by atoms with Crippen molar-refractivity contribution in [2.45, 2.75) is 19.5 Å². The average molecular weight is 393 g/mol. The molecule has 1 aliphatic heterocycles. The van der Waals surface area contributed by atoms with Crippen molar-refractivity contribution in [1.29, 1.82) is 0 Å². The molecule has 0 saturated carbocycles. The molecule has 0 saturated heterocycles. The standard InChI is InChI=1S/C19H19N7O3/c1-23-11-20-21-18(23)17-12-9-25(8-7-13(12)24(2)22-17)16(27)10-26-14-5-3-4-6-15(14)29-19(26)28/h3-6,11H,7-10H2,1-2H3. The fourth-order valence-electron chi connectivity index (χ4n) is 3.88. The lowest BCUT2D eigenvalue weighted by Gasteiger charge is -2.27. The highest BCUT2D eigenvalue weighted by Crippen LogP contribution is 2.28. The van der Waals surface area contributed by atoms with Gasteiger partial charge in [0.25, 0.3) is 0 Å². The predicted octanol–water partition coefficient (Wildman–Crippen LogP) is 0.708. The molecule has 10 nitrogen and oxygen atoms in total. The molecule has 0 N–H and O–H groups in total. The molecule has 148 valence electrons. The van der Waals surface area contributed by atoms with E-state index in [2.05, 4.69) is 15.3 Å². The number of amides is 1. The van der Waals surface area contributed by atoms with E-state index in [9.17, 15) is 9.59 Å². The van der Waals surface area contributed by atoms with Gasteiger partial charge in [0.15, 0.2) is 11.4 Å². The first-order valence-electron chi connectivity index (χ1n) is 9.28. The van der Waals surface area contributed by atoms with Crippen LogP contribution in [-0.4, -0.2) is 46.5 Å². The maximum atomic E-state index is 13.0. The van der Waals surface area contributed by atoms with Crippen LogP contribution in [0.2, 0.25) is 0 Å². The summed E-state index contributed by atoms with van der Waals surface area (Å²) < 4.78 is 10.3. The smallest absolute Gasteiger partial charge is 0.408 e. The summed E-state index contributed by atoms with van der Waals surface area (Å²) in [6.45, 7) is 0.910. The van der Waals surface area contributed by atoms with Crippen molar-refractivity contribution >= 4 is 17.0 Å². The second-order valence-electron chi connectivity index (χ2n) is 7.15. The number of hydrogen-bond acceptors (Lipinski definition) is 6. The van der Waals surface area contributed by atoms with Gasteiger partial charge in [-0.15, -0.1) is 10.2 Å². The van der Waals surface area contributed by atoms with E-state index in [-0.39, 0.29) is 12.5 Å². The van der Waals surface area contributed by atoms with Crippen LogP contribution in [0.15, 0.2) is 39.8 Å². The zero-order valence-corrected chi connectivity index (χ0v) is 16.1. The van der Waals surface area contributed by atoms with E-state index in [1.165, 1.54) is 4.57 Å². The monoisotopic (exact) mass is 393 g/mol. The van der Waals surface area contributed by atoms with Gasteiger partial charge in [-0.25, -0.2) is 4.79 Å². The molecule has 1 aliphatic rings. The van der Waals surface area contributed by atoms with Crippen molar-refractivity contribution in [1.82, 2.24) is 34.0 Å². The van der Waals surface area contributed by atoms with Gasteiger partial charge in [-0.05, 0) is 12.1 Å². The SMILES string of the molecule is Cn1cnnc1-c1nn(C)c2c1CN(C(=O)Cn1c(=O)oc3ccccc31)CC2. The van der Waals surface area contributed by atoms with Crippen LogP contribution in [0.4, 0.5) is 0 Å². The summed E-state index contributed by atoms with van der Waals surface area (Å²) in [5.41, 5.74) is 3.87. The molecule has 29 heavy (non-hydrogen) atoms. The number of carbonyl (C=O) groups is 1. The summed E-state index contributed by atoms with van der Waals surface area (Å²) in [5, 5.41) is 12.7. The number of carbonyl (C=O) groups excluding carboxylic acids is 1. The van der Waals surface area contributed by atoms with Crippen molar-refractivity contribution in [2.75, 3.05) is 6.54 Å². The van der Waals surface area contributed by atoms with Crippen LogP contribution in [-0.2, 0) is 38.4 Å². The topological polar surface area (TPSA) is 104 Å². The van der Waals surface area contributed by atoms with Crippen molar-refractivity contribution in [2.24, 2.45) is 14.1 Å². The van der Waals surface area contributed by atoms with Crippen molar-refractivity contribution in [3.8, 4) is 11.5 Å². The Hall–Kier alpha value is -3.69. The second-order valence-corrected chi connectivity index (χ2v) is 7.15. The molecule has 5 rings (SSSR count). The number of nitrogens with zero attached hydrogens (tertiary/aromatic N) is 7. The summed E-state index contributed by atoms with van der Waals surface area (Å²) in [5.74, 6) is -0.0105. The molecular formula is C19H19N7O3.